The number of benzene rings is 3. The lowest BCUT2D eigenvalue weighted by atomic mass is 10.1. The van der Waals surface area contributed by atoms with Gasteiger partial charge in [0, 0.05) is 31.0 Å². The number of amides is 1. The van der Waals surface area contributed by atoms with Crippen LogP contribution in [0.5, 0.6) is 11.5 Å². The Hall–Kier alpha value is -4.06. The number of carbonyl (C=O) groups is 2. The van der Waals surface area contributed by atoms with Crippen molar-refractivity contribution in [2.24, 2.45) is 0 Å². The second kappa shape index (κ2) is 11.5. The van der Waals surface area contributed by atoms with E-state index in [-0.39, 0.29) is 18.3 Å². The number of hydrogen-bond acceptors (Lipinski definition) is 5. The minimum atomic E-state index is -0.265. The van der Waals surface area contributed by atoms with Crippen LogP contribution in [0.3, 0.4) is 0 Å². The Morgan fingerprint density at radius 3 is 2.30 bits per heavy atom. The third-order valence-corrected chi connectivity index (χ3v) is 4.78. The lowest BCUT2D eigenvalue weighted by Gasteiger charge is -2.13. The van der Waals surface area contributed by atoms with E-state index in [1.54, 1.807) is 18.2 Å². The first kappa shape index (κ1) is 23.6. The van der Waals surface area contributed by atoms with Crippen molar-refractivity contribution < 1.29 is 19.1 Å². The van der Waals surface area contributed by atoms with E-state index >= 15 is 0 Å². The monoisotopic (exact) mass is 444 g/mol. The molecule has 0 saturated heterocycles. The molecule has 6 nitrogen and oxygen atoms in total. The molecule has 1 amide bonds. The molecule has 0 heterocycles. The lowest BCUT2D eigenvalue weighted by molar-refractivity contribution is -0.118. The molecule has 0 atom stereocenters. The Kier molecular flexibility index (Phi) is 8.24. The van der Waals surface area contributed by atoms with Gasteiger partial charge in [-0.05, 0) is 67.1 Å². The van der Waals surface area contributed by atoms with Crippen molar-refractivity contribution in [2.75, 3.05) is 37.5 Å². The number of rotatable bonds is 10. The molecule has 0 aromatic heterocycles. The number of ketones is 1. The van der Waals surface area contributed by atoms with E-state index in [0.717, 1.165) is 11.3 Å². The summed E-state index contributed by atoms with van der Waals surface area (Å²) in [6, 6.07) is 22.0. The van der Waals surface area contributed by atoms with Gasteiger partial charge in [0.1, 0.15) is 0 Å². The fourth-order valence-electron chi connectivity index (χ4n) is 3.07. The first-order chi connectivity index (χ1) is 16.0. The molecular formula is C27H28N2O4. The van der Waals surface area contributed by atoms with Gasteiger partial charge >= 0.3 is 0 Å². The van der Waals surface area contributed by atoms with Gasteiger partial charge in [0.25, 0.3) is 5.91 Å². The van der Waals surface area contributed by atoms with Crippen LogP contribution in [0.1, 0.15) is 22.8 Å². The number of carbonyl (C=O) groups excluding carboxylic acids is 2. The van der Waals surface area contributed by atoms with E-state index in [0.29, 0.717) is 29.4 Å². The second-order valence-electron chi connectivity index (χ2n) is 7.48. The fourth-order valence-corrected chi connectivity index (χ4v) is 3.07. The summed E-state index contributed by atoms with van der Waals surface area (Å²) in [7, 11) is 3.91. The maximum Gasteiger partial charge on any atom is 0.262 e. The van der Waals surface area contributed by atoms with E-state index in [2.05, 4.69) is 5.32 Å². The molecule has 0 aliphatic carbocycles. The van der Waals surface area contributed by atoms with Gasteiger partial charge in [0.15, 0.2) is 23.9 Å². The molecule has 0 unspecified atom stereocenters. The van der Waals surface area contributed by atoms with Gasteiger partial charge in [0.2, 0.25) is 0 Å². The zero-order chi connectivity index (χ0) is 23.6. The second-order valence-corrected chi connectivity index (χ2v) is 7.48. The van der Waals surface area contributed by atoms with Crippen molar-refractivity contribution in [1.82, 2.24) is 0 Å². The van der Waals surface area contributed by atoms with Gasteiger partial charge < -0.3 is 19.7 Å². The van der Waals surface area contributed by atoms with Crippen LogP contribution in [0.4, 0.5) is 11.4 Å². The number of para-hydroxylation sites is 1. The molecule has 0 aliphatic rings. The molecular weight excluding hydrogens is 416 g/mol. The maximum atomic E-state index is 12.5. The van der Waals surface area contributed by atoms with Crippen LogP contribution in [0.25, 0.3) is 6.08 Å². The SMILES string of the molecule is CCOc1cc(C=CC(=O)c2ccc(N(C)C)cc2)ccc1OCC(=O)Nc1ccccc1. The van der Waals surface area contributed by atoms with Crippen LogP contribution in [0.2, 0.25) is 0 Å². The molecule has 0 fully saturated rings. The van der Waals surface area contributed by atoms with E-state index in [1.807, 2.05) is 86.6 Å². The Bertz CT molecular complexity index is 1110. The molecule has 0 saturated carbocycles. The molecule has 0 radical (unpaired) electrons. The highest BCUT2D eigenvalue weighted by Crippen LogP contribution is 2.29. The molecule has 6 heteroatoms. The van der Waals surface area contributed by atoms with E-state index in [4.69, 9.17) is 9.47 Å². The average Bonchev–Trinajstić information content (AvgIpc) is 2.83. The third-order valence-electron chi connectivity index (χ3n) is 4.78. The predicted octanol–water partition coefficient (Wildman–Crippen LogP) is 5.06. The summed E-state index contributed by atoms with van der Waals surface area (Å²) in [5.74, 6) is 0.618. The Morgan fingerprint density at radius 2 is 1.64 bits per heavy atom. The average molecular weight is 445 g/mol. The van der Waals surface area contributed by atoms with Crippen molar-refractivity contribution in [3.8, 4) is 11.5 Å². The molecule has 0 bridgehead atoms. The van der Waals surface area contributed by atoms with Gasteiger partial charge in [0.05, 0.1) is 6.61 Å². The van der Waals surface area contributed by atoms with Crippen molar-refractivity contribution in [1.29, 1.82) is 0 Å². The van der Waals surface area contributed by atoms with Gasteiger partial charge in [-0.15, -0.1) is 0 Å². The van der Waals surface area contributed by atoms with Crippen LogP contribution >= 0.6 is 0 Å². The van der Waals surface area contributed by atoms with Crippen LogP contribution in [-0.4, -0.2) is 39.0 Å². The fraction of sp³-hybridized carbons (Fsp3) is 0.185. The molecule has 0 aliphatic heterocycles. The van der Waals surface area contributed by atoms with Crippen molar-refractivity contribution in [2.45, 2.75) is 6.92 Å². The Morgan fingerprint density at radius 1 is 0.909 bits per heavy atom. The van der Waals surface area contributed by atoms with Gasteiger partial charge in [-0.25, -0.2) is 0 Å². The predicted molar refractivity (Wildman–Crippen MR) is 132 cm³/mol. The molecule has 3 aromatic carbocycles. The first-order valence-electron chi connectivity index (χ1n) is 10.7. The summed E-state index contributed by atoms with van der Waals surface area (Å²) in [4.78, 5) is 26.6. The lowest BCUT2D eigenvalue weighted by Crippen LogP contribution is -2.20. The smallest absolute Gasteiger partial charge is 0.262 e. The van der Waals surface area contributed by atoms with Gasteiger partial charge in [-0.2, -0.15) is 0 Å². The highest BCUT2D eigenvalue weighted by molar-refractivity contribution is 6.07. The van der Waals surface area contributed by atoms with Crippen molar-refractivity contribution in [3.63, 3.8) is 0 Å². The number of ether oxygens (including phenoxy) is 2. The number of hydrogen-bond donors (Lipinski definition) is 1. The first-order valence-corrected chi connectivity index (χ1v) is 10.7. The van der Waals surface area contributed by atoms with Gasteiger partial charge in [-0.1, -0.05) is 30.3 Å². The summed E-state index contributed by atoms with van der Waals surface area (Å²) >= 11 is 0. The standard InChI is InChI=1S/C27H28N2O4/c1-4-32-26-18-20(10-16-24(30)21-12-14-23(15-13-21)29(2)3)11-17-25(26)33-19-27(31)28-22-8-6-5-7-9-22/h5-18H,4,19H2,1-3H3,(H,28,31). The summed E-state index contributed by atoms with van der Waals surface area (Å²) in [6.45, 7) is 2.16. The van der Waals surface area contributed by atoms with E-state index in [1.165, 1.54) is 6.08 Å². The minimum absolute atomic E-state index is 0.0869. The molecule has 3 aromatic rings. The zero-order valence-electron chi connectivity index (χ0n) is 19.1. The van der Waals surface area contributed by atoms with E-state index in [9.17, 15) is 9.59 Å². The Balaban J connectivity index is 1.64. The number of nitrogens with zero attached hydrogens (tertiary/aromatic N) is 1. The van der Waals surface area contributed by atoms with Crippen LogP contribution in [-0.2, 0) is 4.79 Å². The number of allylic oxidation sites excluding steroid dienone is 1. The molecule has 33 heavy (non-hydrogen) atoms. The Labute approximate surface area is 194 Å². The molecule has 0 spiro atoms. The maximum absolute atomic E-state index is 12.5. The summed E-state index contributed by atoms with van der Waals surface area (Å²) < 4.78 is 11.3. The highest BCUT2D eigenvalue weighted by atomic mass is 16.5. The summed E-state index contributed by atoms with van der Waals surface area (Å²) in [5.41, 5.74) is 3.15. The molecule has 170 valence electrons. The van der Waals surface area contributed by atoms with E-state index < -0.39 is 0 Å². The molecule has 3 rings (SSSR count). The van der Waals surface area contributed by atoms with Crippen molar-refractivity contribution >= 4 is 29.1 Å². The zero-order valence-corrected chi connectivity index (χ0v) is 19.1. The molecule has 1 N–H and O–H groups in total. The summed E-state index contributed by atoms with van der Waals surface area (Å²) in [6.07, 6.45) is 3.26. The topological polar surface area (TPSA) is 67.9 Å². The van der Waals surface area contributed by atoms with Crippen molar-refractivity contribution in [3.05, 3.63) is 90.0 Å². The van der Waals surface area contributed by atoms with Gasteiger partial charge in [-0.3, -0.25) is 9.59 Å². The van der Waals surface area contributed by atoms with Crippen LogP contribution in [0.15, 0.2) is 78.9 Å². The largest absolute Gasteiger partial charge is 0.490 e. The normalized spacial score (nSPS) is 10.6. The highest BCUT2D eigenvalue weighted by Gasteiger charge is 2.10. The van der Waals surface area contributed by atoms with Crippen LogP contribution in [0, 0.1) is 0 Å². The van der Waals surface area contributed by atoms with Crippen LogP contribution < -0.4 is 19.7 Å². The quantitative estimate of drug-likeness (QED) is 0.350. The third kappa shape index (κ3) is 6.97. The number of anilines is 2. The minimum Gasteiger partial charge on any atom is -0.490 e. The summed E-state index contributed by atoms with van der Waals surface area (Å²) in [5, 5.41) is 2.78. The number of nitrogens with one attached hydrogen (secondary N) is 1.